The van der Waals surface area contributed by atoms with Crippen molar-refractivity contribution in [1.82, 2.24) is 5.32 Å². The molecule has 0 saturated heterocycles. The van der Waals surface area contributed by atoms with Crippen molar-refractivity contribution in [3.8, 4) is 5.75 Å². The van der Waals surface area contributed by atoms with Crippen LogP contribution in [0.2, 0.25) is 0 Å². The summed E-state index contributed by atoms with van der Waals surface area (Å²) in [4.78, 5) is 1.40. The van der Waals surface area contributed by atoms with Gasteiger partial charge in [0.2, 0.25) is 0 Å². The van der Waals surface area contributed by atoms with Crippen LogP contribution in [0.25, 0.3) is 0 Å². The maximum absolute atomic E-state index is 5.30. The van der Waals surface area contributed by atoms with Gasteiger partial charge in [-0.2, -0.15) is 0 Å². The number of hydrogen-bond donors (Lipinski definition) is 1. The van der Waals surface area contributed by atoms with Crippen LogP contribution >= 0.6 is 27.3 Å². The Balaban J connectivity index is 2.26. The smallest absolute Gasteiger partial charge is 0.119 e. The lowest BCUT2D eigenvalue weighted by molar-refractivity contribution is 0.414. The number of rotatable bonds is 5. The molecule has 0 spiro atoms. The van der Waals surface area contributed by atoms with Gasteiger partial charge in [-0.15, -0.1) is 11.3 Å². The van der Waals surface area contributed by atoms with Crippen LogP contribution in [0, 0.1) is 6.92 Å². The van der Waals surface area contributed by atoms with Gasteiger partial charge in [0, 0.05) is 15.4 Å². The average Bonchev–Trinajstić information content (AvgIpc) is 2.84. The summed E-state index contributed by atoms with van der Waals surface area (Å²) in [6.07, 6.45) is 0.940. The summed E-state index contributed by atoms with van der Waals surface area (Å²) in [5.74, 6) is 0.899. The maximum atomic E-state index is 5.30. The van der Waals surface area contributed by atoms with E-state index in [1.807, 2.05) is 30.5 Å². The molecular weight excluding hydrogens is 322 g/mol. The van der Waals surface area contributed by atoms with Gasteiger partial charge < -0.3 is 10.1 Å². The molecule has 1 aromatic carbocycles. The SMILES string of the molecule is CNC(Cc1cc(OC)ccc1Br)c1sccc1C. The zero-order valence-electron chi connectivity index (χ0n) is 11.4. The van der Waals surface area contributed by atoms with Crippen molar-refractivity contribution in [2.45, 2.75) is 19.4 Å². The van der Waals surface area contributed by atoms with Crippen molar-refractivity contribution in [2.24, 2.45) is 0 Å². The molecule has 1 atom stereocenters. The summed E-state index contributed by atoms with van der Waals surface area (Å²) < 4.78 is 6.43. The van der Waals surface area contributed by atoms with E-state index < -0.39 is 0 Å². The second kappa shape index (κ2) is 6.55. The highest BCUT2D eigenvalue weighted by Crippen LogP contribution is 2.30. The molecule has 0 saturated carbocycles. The molecule has 0 aliphatic heterocycles. The highest BCUT2D eigenvalue weighted by Gasteiger charge is 2.15. The van der Waals surface area contributed by atoms with Crippen molar-refractivity contribution in [3.05, 3.63) is 50.1 Å². The summed E-state index contributed by atoms with van der Waals surface area (Å²) in [6, 6.07) is 8.62. The van der Waals surface area contributed by atoms with E-state index in [2.05, 4.69) is 45.7 Å². The van der Waals surface area contributed by atoms with Crippen molar-refractivity contribution in [3.63, 3.8) is 0 Å². The summed E-state index contributed by atoms with van der Waals surface area (Å²) in [5, 5.41) is 5.56. The Morgan fingerprint density at radius 3 is 2.74 bits per heavy atom. The Bertz CT molecular complexity index is 553. The largest absolute Gasteiger partial charge is 0.497 e. The summed E-state index contributed by atoms with van der Waals surface area (Å²) in [5.41, 5.74) is 2.61. The molecule has 1 unspecified atom stereocenters. The van der Waals surface area contributed by atoms with Crippen LogP contribution in [-0.2, 0) is 6.42 Å². The fraction of sp³-hybridized carbons (Fsp3) is 0.333. The van der Waals surface area contributed by atoms with Crippen LogP contribution in [0.4, 0.5) is 0 Å². The third-order valence-electron chi connectivity index (χ3n) is 3.24. The quantitative estimate of drug-likeness (QED) is 0.875. The first kappa shape index (κ1) is 14.6. The fourth-order valence-corrected chi connectivity index (χ4v) is 3.57. The monoisotopic (exact) mass is 339 g/mol. The van der Waals surface area contributed by atoms with Crippen LogP contribution in [0.1, 0.15) is 22.0 Å². The predicted octanol–water partition coefficient (Wildman–Crippen LogP) is 4.33. The van der Waals surface area contributed by atoms with Crippen LogP contribution < -0.4 is 10.1 Å². The lowest BCUT2D eigenvalue weighted by Crippen LogP contribution is -2.18. The first-order chi connectivity index (χ1) is 9.15. The Kier molecular flexibility index (Phi) is 5.02. The average molecular weight is 340 g/mol. The Morgan fingerprint density at radius 1 is 1.37 bits per heavy atom. The minimum absolute atomic E-state index is 0.336. The molecule has 2 rings (SSSR count). The standard InChI is InChI=1S/C15H18BrNOS/c1-10-6-7-19-15(10)14(17-2)9-11-8-12(18-3)4-5-13(11)16/h4-8,14,17H,9H2,1-3H3. The van der Waals surface area contributed by atoms with E-state index >= 15 is 0 Å². The van der Waals surface area contributed by atoms with Crippen molar-refractivity contribution < 1.29 is 4.74 Å². The van der Waals surface area contributed by atoms with Gasteiger partial charge in [-0.3, -0.25) is 0 Å². The molecule has 2 aromatic rings. The van der Waals surface area contributed by atoms with Gasteiger partial charge in [-0.05, 0) is 61.2 Å². The molecule has 0 radical (unpaired) electrons. The Hall–Kier alpha value is -0.840. The van der Waals surface area contributed by atoms with Crippen LogP contribution in [0.5, 0.6) is 5.75 Å². The number of likely N-dealkylation sites (N-methyl/N-ethyl adjacent to an activating group) is 1. The van der Waals surface area contributed by atoms with Crippen LogP contribution in [0.3, 0.4) is 0 Å². The zero-order valence-corrected chi connectivity index (χ0v) is 13.8. The molecule has 1 N–H and O–H groups in total. The van der Waals surface area contributed by atoms with Crippen LogP contribution in [-0.4, -0.2) is 14.2 Å². The third kappa shape index (κ3) is 3.38. The highest BCUT2D eigenvalue weighted by atomic mass is 79.9. The Morgan fingerprint density at radius 2 is 2.16 bits per heavy atom. The van der Waals surface area contributed by atoms with Crippen molar-refractivity contribution >= 4 is 27.3 Å². The van der Waals surface area contributed by atoms with Gasteiger partial charge in [-0.1, -0.05) is 15.9 Å². The normalized spacial score (nSPS) is 12.4. The number of nitrogens with one attached hydrogen (secondary N) is 1. The van der Waals surface area contributed by atoms with E-state index in [-0.39, 0.29) is 0 Å². The minimum atomic E-state index is 0.336. The first-order valence-corrected chi connectivity index (χ1v) is 7.86. The molecule has 1 heterocycles. The lowest BCUT2D eigenvalue weighted by atomic mass is 10.0. The second-order valence-electron chi connectivity index (χ2n) is 4.47. The van der Waals surface area contributed by atoms with E-state index in [0.29, 0.717) is 6.04 Å². The summed E-state index contributed by atoms with van der Waals surface area (Å²) in [6.45, 7) is 2.16. The number of aryl methyl sites for hydroxylation is 1. The summed E-state index contributed by atoms with van der Waals surface area (Å²) >= 11 is 5.43. The molecule has 102 valence electrons. The molecule has 1 aromatic heterocycles. The van der Waals surface area contributed by atoms with Gasteiger partial charge in [0.25, 0.3) is 0 Å². The zero-order chi connectivity index (χ0) is 13.8. The van der Waals surface area contributed by atoms with Gasteiger partial charge in [0.15, 0.2) is 0 Å². The minimum Gasteiger partial charge on any atom is -0.497 e. The lowest BCUT2D eigenvalue weighted by Gasteiger charge is -2.17. The topological polar surface area (TPSA) is 21.3 Å². The van der Waals surface area contributed by atoms with E-state index in [1.165, 1.54) is 16.0 Å². The maximum Gasteiger partial charge on any atom is 0.119 e. The van der Waals surface area contributed by atoms with Crippen molar-refractivity contribution in [1.29, 1.82) is 0 Å². The number of ether oxygens (including phenoxy) is 1. The fourth-order valence-electron chi connectivity index (χ4n) is 2.12. The number of halogens is 1. The molecule has 2 nitrogen and oxygen atoms in total. The molecule has 19 heavy (non-hydrogen) atoms. The molecule has 0 aliphatic carbocycles. The van der Waals surface area contributed by atoms with Crippen LogP contribution in [0.15, 0.2) is 34.1 Å². The Labute approximate surface area is 126 Å². The van der Waals surface area contributed by atoms with E-state index in [9.17, 15) is 0 Å². The highest BCUT2D eigenvalue weighted by molar-refractivity contribution is 9.10. The molecule has 0 aliphatic rings. The van der Waals surface area contributed by atoms with Crippen molar-refractivity contribution in [2.75, 3.05) is 14.2 Å². The third-order valence-corrected chi connectivity index (χ3v) is 5.15. The van der Waals surface area contributed by atoms with E-state index in [1.54, 1.807) is 7.11 Å². The van der Waals surface area contributed by atoms with Gasteiger partial charge in [-0.25, -0.2) is 0 Å². The molecule has 0 bridgehead atoms. The second-order valence-corrected chi connectivity index (χ2v) is 6.27. The number of thiophene rings is 1. The predicted molar refractivity (Wildman–Crippen MR) is 85.3 cm³/mol. The van der Waals surface area contributed by atoms with Gasteiger partial charge in [0.05, 0.1) is 7.11 Å². The molecular formula is C15H18BrNOS. The number of methoxy groups -OCH3 is 1. The van der Waals surface area contributed by atoms with E-state index in [0.717, 1.165) is 16.6 Å². The first-order valence-electron chi connectivity index (χ1n) is 6.19. The number of hydrogen-bond acceptors (Lipinski definition) is 3. The van der Waals surface area contributed by atoms with Gasteiger partial charge in [0.1, 0.15) is 5.75 Å². The van der Waals surface area contributed by atoms with E-state index in [4.69, 9.17) is 4.74 Å². The molecule has 0 amide bonds. The van der Waals surface area contributed by atoms with Gasteiger partial charge >= 0.3 is 0 Å². The molecule has 4 heteroatoms. The molecule has 0 fully saturated rings. The summed E-state index contributed by atoms with van der Waals surface area (Å²) in [7, 11) is 3.71. The number of benzene rings is 1.